The fourth-order valence-electron chi connectivity index (χ4n) is 2.79. The van der Waals surface area contributed by atoms with Gasteiger partial charge in [-0.25, -0.2) is 4.79 Å². The first-order valence-corrected chi connectivity index (χ1v) is 8.22. The molecule has 0 aliphatic carbocycles. The molecule has 0 unspecified atom stereocenters. The van der Waals surface area contributed by atoms with Crippen LogP contribution in [-0.2, 0) is 19.1 Å². The van der Waals surface area contributed by atoms with Gasteiger partial charge in [0.1, 0.15) is 0 Å². The number of ether oxygens (including phenoxy) is 3. The van der Waals surface area contributed by atoms with E-state index >= 15 is 0 Å². The lowest BCUT2D eigenvalue weighted by atomic mass is 9.97. The SMILES string of the molecule is COC(=O)C1CCN(C(=O)COC(=O)c2ccc(OC)c([N+](=O)[O-])c2)CC1. The van der Waals surface area contributed by atoms with Crippen molar-refractivity contribution in [3.05, 3.63) is 33.9 Å². The Morgan fingerprint density at radius 3 is 2.44 bits per heavy atom. The third kappa shape index (κ3) is 4.93. The molecule has 0 aromatic heterocycles. The second kappa shape index (κ2) is 8.97. The van der Waals surface area contributed by atoms with Crippen LogP contribution in [0, 0.1) is 16.0 Å². The fourth-order valence-corrected chi connectivity index (χ4v) is 2.79. The molecule has 2 rings (SSSR count). The van der Waals surface area contributed by atoms with Crippen LogP contribution in [0.15, 0.2) is 18.2 Å². The molecule has 1 amide bonds. The summed E-state index contributed by atoms with van der Waals surface area (Å²) in [6.07, 6.45) is 0.966. The van der Waals surface area contributed by atoms with Crippen LogP contribution in [-0.4, -0.2) is 61.6 Å². The van der Waals surface area contributed by atoms with E-state index in [1.807, 2.05) is 0 Å². The van der Waals surface area contributed by atoms with Crippen LogP contribution in [0.3, 0.4) is 0 Å². The van der Waals surface area contributed by atoms with E-state index in [4.69, 9.17) is 9.47 Å². The highest BCUT2D eigenvalue weighted by atomic mass is 16.6. The van der Waals surface area contributed by atoms with Crippen LogP contribution in [0.25, 0.3) is 0 Å². The molecular formula is C17H20N2O8. The minimum absolute atomic E-state index is 0.0149. The fraction of sp³-hybridized carbons (Fsp3) is 0.471. The first-order valence-electron chi connectivity index (χ1n) is 8.22. The number of carbonyl (C=O) groups excluding carboxylic acids is 3. The summed E-state index contributed by atoms with van der Waals surface area (Å²) in [5.74, 6) is -1.76. The number of methoxy groups -OCH3 is 2. The van der Waals surface area contributed by atoms with E-state index in [1.165, 1.54) is 31.3 Å². The van der Waals surface area contributed by atoms with Crippen LogP contribution in [0.5, 0.6) is 5.75 Å². The summed E-state index contributed by atoms with van der Waals surface area (Å²) in [5, 5.41) is 11.0. The highest BCUT2D eigenvalue weighted by Gasteiger charge is 2.28. The van der Waals surface area contributed by atoms with E-state index in [9.17, 15) is 24.5 Å². The summed E-state index contributed by atoms with van der Waals surface area (Å²) >= 11 is 0. The Bertz CT molecular complexity index is 740. The molecular weight excluding hydrogens is 360 g/mol. The maximum absolute atomic E-state index is 12.2. The van der Waals surface area contributed by atoms with Gasteiger partial charge in [-0.15, -0.1) is 0 Å². The van der Waals surface area contributed by atoms with Crippen molar-refractivity contribution in [3.63, 3.8) is 0 Å². The van der Waals surface area contributed by atoms with Crippen molar-refractivity contribution in [2.75, 3.05) is 33.9 Å². The molecule has 0 spiro atoms. The van der Waals surface area contributed by atoms with Gasteiger partial charge < -0.3 is 19.1 Å². The number of carbonyl (C=O) groups is 3. The van der Waals surface area contributed by atoms with Crippen molar-refractivity contribution >= 4 is 23.5 Å². The molecule has 10 heteroatoms. The number of benzene rings is 1. The predicted molar refractivity (Wildman–Crippen MR) is 91.3 cm³/mol. The van der Waals surface area contributed by atoms with E-state index < -0.39 is 23.4 Å². The van der Waals surface area contributed by atoms with Crippen molar-refractivity contribution in [2.24, 2.45) is 5.92 Å². The molecule has 1 heterocycles. The lowest BCUT2D eigenvalue weighted by Gasteiger charge is -2.30. The largest absolute Gasteiger partial charge is 0.490 e. The van der Waals surface area contributed by atoms with Crippen LogP contribution in [0.4, 0.5) is 5.69 Å². The molecule has 1 aromatic carbocycles. The Balaban J connectivity index is 1.90. The highest BCUT2D eigenvalue weighted by Crippen LogP contribution is 2.27. The average Bonchev–Trinajstić information content (AvgIpc) is 2.70. The number of nitro benzene ring substituents is 1. The summed E-state index contributed by atoms with van der Waals surface area (Å²) in [6, 6.07) is 3.64. The quantitative estimate of drug-likeness (QED) is 0.409. The smallest absolute Gasteiger partial charge is 0.338 e. The lowest BCUT2D eigenvalue weighted by molar-refractivity contribution is -0.385. The zero-order valence-corrected chi connectivity index (χ0v) is 15.0. The second-order valence-corrected chi connectivity index (χ2v) is 5.90. The number of rotatable bonds is 6. The van der Waals surface area contributed by atoms with Gasteiger partial charge in [-0.3, -0.25) is 19.7 Å². The number of piperidine rings is 1. The minimum atomic E-state index is -0.849. The zero-order chi connectivity index (χ0) is 20.0. The normalized spacial score (nSPS) is 14.4. The lowest BCUT2D eigenvalue weighted by Crippen LogP contribution is -2.42. The molecule has 1 fully saturated rings. The van der Waals surface area contributed by atoms with Gasteiger partial charge in [-0.05, 0) is 25.0 Å². The molecule has 0 saturated carbocycles. The summed E-state index contributed by atoms with van der Waals surface area (Å²) in [4.78, 5) is 47.5. The van der Waals surface area contributed by atoms with Gasteiger partial charge in [0.05, 0.1) is 30.6 Å². The van der Waals surface area contributed by atoms with Crippen molar-refractivity contribution < 1.29 is 33.5 Å². The molecule has 0 N–H and O–H groups in total. The Morgan fingerprint density at radius 1 is 1.22 bits per heavy atom. The molecule has 146 valence electrons. The number of hydrogen-bond donors (Lipinski definition) is 0. The summed E-state index contributed by atoms with van der Waals surface area (Å²) < 4.78 is 14.5. The Labute approximate surface area is 155 Å². The number of likely N-dealkylation sites (tertiary alicyclic amines) is 1. The predicted octanol–water partition coefficient (Wildman–Crippen LogP) is 1.17. The van der Waals surface area contributed by atoms with Crippen LogP contribution >= 0.6 is 0 Å². The van der Waals surface area contributed by atoms with Gasteiger partial charge in [0, 0.05) is 19.2 Å². The number of nitro groups is 1. The van der Waals surface area contributed by atoms with Gasteiger partial charge in [-0.1, -0.05) is 0 Å². The van der Waals surface area contributed by atoms with E-state index in [-0.39, 0.29) is 28.9 Å². The maximum atomic E-state index is 12.2. The molecule has 0 bridgehead atoms. The standard InChI is InChI=1S/C17H20N2O8/c1-25-14-4-3-12(9-13(14)19(23)24)17(22)27-10-15(20)18-7-5-11(6-8-18)16(21)26-2/h3-4,9,11H,5-8,10H2,1-2H3. The van der Waals surface area contributed by atoms with Crippen molar-refractivity contribution in [2.45, 2.75) is 12.8 Å². The zero-order valence-electron chi connectivity index (χ0n) is 15.0. The third-order valence-corrected chi connectivity index (χ3v) is 4.32. The van der Waals surface area contributed by atoms with Gasteiger partial charge in [0.15, 0.2) is 12.4 Å². The highest BCUT2D eigenvalue weighted by molar-refractivity contribution is 5.92. The summed E-state index contributed by atoms with van der Waals surface area (Å²) in [7, 11) is 2.60. The van der Waals surface area contributed by atoms with Gasteiger partial charge in [-0.2, -0.15) is 0 Å². The van der Waals surface area contributed by atoms with Crippen molar-refractivity contribution in [1.29, 1.82) is 0 Å². The number of amides is 1. The molecule has 0 radical (unpaired) electrons. The molecule has 0 atom stereocenters. The summed E-state index contributed by atoms with van der Waals surface area (Å²) in [6.45, 7) is 0.246. The molecule has 27 heavy (non-hydrogen) atoms. The molecule has 1 aliphatic heterocycles. The molecule has 1 saturated heterocycles. The topological polar surface area (TPSA) is 125 Å². The molecule has 10 nitrogen and oxygen atoms in total. The van der Waals surface area contributed by atoms with Crippen LogP contribution in [0.1, 0.15) is 23.2 Å². The van der Waals surface area contributed by atoms with E-state index in [2.05, 4.69) is 4.74 Å². The van der Waals surface area contributed by atoms with E-state index in [1.54, 1.807) is 0 Å². The molecule has 1 aliphatic rings. The first-order chi connectivity index (χ1) is 12.9. The van der Waals surface area contributed by atoms with Gasteiger partial charge >= 0.3 is 17.6 Å². The van der Waals surface area contributed by atoms with Crippen LogP contribution in [0.2, 0.25) is 0 Å². The van der Waals surface area contributed by atoms with Gasteiger partial charge in [0.25, 0.3) is 5.91 Å². The Kier molecular flexibility index (Phi) is 6.69. The molecule has 1 aromatic rings. The first kappa shape index (κ1) is 20.1. The monoisotopic (exact) mass is 380 g/mol. The number of esters is 2. The van der Waals surface area contributed by atoms with Crippen molar-refractivity contribution in [1.82, 2.24) is 4.90 Å². The second-order valence-electron chi connectivity index (χ2n) is 5.90. The number of hydrogen-bond acceptors (Lipinski definition) is 8. The minimum Gasteiger partial charge on any atom is -0.490 e. The van der Waals surface area contributed by atoms with Gasteiger partial charge in [0.2, 0.25) is 0 Å². The third-order valence-electron chi connectivity index (χ3n) is 4.32. The summed E-state index contributed by atoms with van der Waals surface area (Å²) in [5.41, 5.74) is -0.428. The van der Waals surface area contributed by atoms with E-state index in [0.29, 0.717) is 25.9 Å². The average molecular weight is 380 g/mol. The maximum Gasteiger partial charge on any atom is 0.338 e. The Morgan fingerprint density at radius 2 is 1.89 bits per heavy atom. The van der Waals surface area contributed by atoms with Crippen LogP contribution < -0.4 is 4.74 Å². The number of nitrogens with zero attached hydrogens (tertiary/aromatic N) is 2. The Hall–Kier alpha value is -3.17. The van der Waals surface area contributed by atoms with Crippen molar-refractivity contribution in [3.8, 4) is 5.75 Å². The van der Waals surface area contributed by atoms with E-state index in [0.717, 1.165) is 6.07 Å².